The second-order valence-electron chi connectivity index (χ2n) is 5.36. The van der Waals surface area contributed by atoms with Gasteiger partial charge in [-0.1, -0.05) is 30.3 Å². The number of rotatable bonds is 6. The van der Waals surface area contributed by atoms with E-state index in [0.717, 1.165) is 29.8 Å². The highest BCUT2D eigenvalue weighted by Crippen LogP contribution is 2.22. The zero-order valence-electron chi connectivity index (χ0n) is 14.3. The average molecular weight is 396 g/mol. The van der Waals surface area contributed by atoms with Gasteiger partial charge in [0.1, 0.15) is 5.75 Å². The Hall–Kier alpha value is -3.56. The number of ether oxygens (including phenoxy) is 2. The average Bonchev–Trinajstić information content (AvgIpc) is 2.64. The van der Waals surface area contributed by atoms with Crippen LogP contribution >= 0.6 is 0 Å². The Morgan fingerprint density at radius 3 is 2.18 bits per heavy atom. The van der Waals surface area contributed by atoms with E-state index < -0.39 is 36.6 Å². The number of halogens is 3. The van der Waals surface area contributed by atoms with Crippen molar-refractivity contribution in [3.05, 3.63) is 65.7 Å². The maximum atomic E-state index is 12.1. The summed E-state index contributed by atoms with van der Waals surface area (Å²) in [4.78, 5) is 35.0. The van der Waals surface area contributed by atoms with Crippen molar-refractivity contribution in [2.24, 2.45) is 0 Å². The molecule has 0 spiro atoms. The number of carbonyl (C=O) groups excluding carboxylic acids is 3. The van der Waals surface area contributed by atoms with Crippen molar-refractivity contribution in [1.29, 1.82) is 0 Å². The van der Waals surface area contributed by atoms with Gasteiger partial charge in [-0.15, -0.1) is 13.2 Å². The summed E-state index contributed by atoms with van der Waals surface area (Å²) in [6, 6.07) is 12.2. The first-order chi connectivity index (χ1) is 13.2. The summed E-state index contributed by atoms with van der Waals surface area (Å²) in [6.07, 6.45) is -4.85. The molecule has 2 aromatic rings. The lowest BCUT2D eigenvalue weighted by Gasteiger charge is -2.09. The highest BCUT2D eigenvalue weighted by Gasteiger charge is 2.31. The Morgan fingerprint density at radius 2 is 1.57 bits per heavy atom. The van der Waals surface area contributed by atoms with Crippen LogP contribution in [-0.4, -0.2) is 30.9 Å². The molecule has 0 fully saturated rings. The lowest BCUT2D eigenvalue weighted by atomic mass is 10.2. The quantitative estimate of drug-likeness (QED) is 0.733. The van der Waals surface area contributed by atoms with Crippen LogP contribution in [0.1, 0.15) is 15.9 Å². The van der Waals surface area contributed by atoms with E-state index in [0.29, 0.717) is 0 Å². The number of nitrogens with one attached hydrogen (secondary N) is 2. The van der Waals surface area contributed by atoms with Crippen molar-refractivity contribution in [3.8, 4) is 5.75 Å². The van der Waals surface area contributed by atoms with Gasteiger partial charge in [0.25, 0.3) is 5.91 Å². The zero-order chi connectivity index (χ0) is 20.6. The van der Waals surface area contributed by atoms with Crippen molar-refractivity contribution < 1.29 is 37.0 Å². The number of amides is 3. The van der Waals surface area contributed by atoms with E-state index >= 15 is 0 Å². The van der Waals surface area contributed by atoms with Crippen molar-refractivity contribution in [2.75, 3.05) is 6.61 Å². The van der Waals surface area contributed by atoms with Crippen molar-refractivity contribution >= 4 is 17.9 Å². The van der Waals surface area contributed by atoms with Gasteiger partial charge in [0.15, 0.2) is 6.61 Å². The first-order valence-electron chi connectivity index (χ1n) is 7.87. The third kappa shape index (κ3) is 7.36. The van der Waals surface area contributed by atoms with Gasteiger partial charge in [-0.2, -0.15) is 0 Å². The van der Waals surface area contributed by atoms with Crippen LogP contribution in [0.4, 0.5) is 18.0 Å². The Labute approximate surface area is 157 Å². The molecule has 0 unspecified atom stereocenters. The number of carbonyl (C=O) groups is 3. The second kappa shape index (κ2) is 9.40. The van der Waals surface area contributed by atoms with Gasteiger partial charge in [0.2, 0.25) is 0 Å². The highest BCUT2D eigenvalue weighted by molar-refractivity contribution is 5.97. The molecule has 0 saturated carbocycles. The third-order valence-corrected chi connectivity index (χ3v) is 3.21. The highest BCUT2D eigenvalue weighted by atomic mass is 19.4. The van der Waals surface area contributed by atoms with Crippen molar-refractivity contribution in [1.82, 2.24) is 10.6 Å². The van der Waals surface area contributed by atoms with Gasteiger partial charge in [-0.25, -0.2) is 9.59 Å². The molecule has 2 aromatic carbocycles. The molecule has 28 heavy (non-hydrogen) atoms. The van der Waals surface area contributed by atoms with Crippen LogP contribution in [0.3, 0.4) is 0 Å². The van der Waals surface area contributed by atoms with E-state index in [1.54, 1.807) is 24.3 Å². The molecule has 0 radical (unpaired) electrons. The van der Waals surface area contributed by atoms with Crippen LogP contribution in [0.25, 0.3) is 0 Å². The molecule has 0 aliphatic heterocycles. The second-order valence-corrected chi connectivity index (χ2v) is 5.36. The minimum absolute atomic E-state index is 0.0872. The van der Waals surface area contributed by atoms with Gasteiger partial charge in [-0.05, 0) is 29.8 Å². The monoisotopic (exact) mass is 396 g/mol. The van der Waals surface area contributed by atoms with E-state index in [1.807, 2.05) is 11.4 Å². The predicted molar refractivity (Wildman–Crippen MR) is 90.2 cm³/mol. The Morgan fingerprint density at radius 1 is 0.929 bits per heavy atom. The molecular formula is C18H15F3N2O5. The van der Waals surface area contributed by atoms with Crippen molar-refractivity contribution in [3.63, 3.8) is 0 Å². The largest absolute Gasteiger partial charge is 0.573 e. The molecule has 0 saturated heterocycles. The van der Waals surface area contributed by atoms with Crippen LogP contribution in [0.15, 0.2) is 54.6 Å². The molecular weight excluding hydrogens is 381 g/mol. The summed E-state index contributed by atoms with van der Waals surface area (Å²) in [6.45, 7) is -0.537. The first kappa shape index (κ1) is 20.7. The molecule has 148 valence electrons. The maximum Gasteiger partial charge on any atom is 0.573 e. The third-order valence-electron chi connectivity index (χ3n) is 3.21. The Balaban J connectivity index is 1.74. The van der Waals surface area contributed by atoms with Gasteiger partial charge >= 0.3 is 18.4 Å². The van der Waals surface area contributed by atoms with E-state index in [1.165, 1.54) is 0 Å². The predicted octanol–water partition coefficient (Wildman–Crippen LogP) is 2.77. The van der Waals surface area contributed by atoms with Gasteiger partial charge in [0, 0.05) is 6.54 Å². The van der Waals surface area contributed by atoms with Crippen molar-refractivity contribution in [2.45, 2.75) is 12.9 Å². The summed E-state index contributed by atoms with van der Waals surface area (Å²) in [5.74, 6) is -2.31. The Bertz CT molecular complexity index is 823. The van der Waals surface area contributed by atoms with Crippen LogP contribution in [0, 0.1) is 0 Å². The van der Waals surface area contributed by atoms with Crippen LogP contribution in [0.5, 0.6) is 5.75 Å². The molecule has 0 aliphatic carbocycles. The van der Waals surface area contributed by atoms with E-state index in [2.05, 4.69) is 10.1 Å². The number of alkyl halides is 3. The molecule has 0 heterocycles. The number of hydrogen-bond donors (Lipinski definition) is 2. The van der Waals surface area contributed by atoms with Gasteiger partial charge < -0.3 is 14.8 Å². The summed E-state index contributed by atoms with van der Waals surface area (Å²) in [7, 11) is 0. The minimum Gasteiger partial charge on any atom is -0.452 e. The molecule has 3 amide bonds. The number of imide groups is 1. The fourth-order valence-corrected chi connectivity index (χ4v) is 1.99. The SMILES string of the molecule is O=C(COC(=O)c1ccc(OC(F)(F)F)cc1)NC(=O)NCc1ccccc1. The molecule has 0 bridgehead atoms. The normalized spacial score (nSPS) is 10.7. The van der Waals surface area contributed by atoms with E-state index in [4.69, 9.17) is 4.74 Å². The standard InChI is InChI=1S/C18H15F3N2O5/c19-18(20,21)28-14-8-6-13(7-9-14)16(25)27-11-15(24)23-17(26)22-10-12-4-2-1-3-5-12/h1-9H,10-11H2,(H2,22,23,24,26). The van der Waals surface area contributed by atoms with Crippen LogP contribution in [-0.2, 0) is 16.1 Å². The Kier molecular flexibility index (Phi) is 6.96. The number of benzene rings is 2. The molecule has 2 rings (SSSR count). The molecule has 2 N–H and O–H groups in total. The topological polar surface area (TPSA) is 93.7 Å². The minimum atomic E-state index is -4.85. The van der Waals surface area contributed by atoms with E-state index in [9.17, 15) is 27.6 Å². The molecule has 0 atom stereocenters. The summed E-state index contributed by atoms with van der Waals surface area (Å²) in [5, 5.41) is 4.44. The zero-order valence-corrected chi connectivity index (χ0v) is 14.3. The first-order valence-corrected chi connectivity index (χ1v) is 7.87. The van der Waals surface area contributed by atoms with Crippen LogP contribution in [0.2, 0.25) is 0 Å². The smallest absolute Gasteiger partial charge is 0.452 e. The molecule has 7 nitrogen and oxygen atoms in total. The number of esters is 1. The molecule has 10 heteroatoms. The fraction of sp³-hybridized carbons (Fsp3) is 0.167. The maximum absolute atomic E-state index is 12.1. The van der Waals surface area contributed by atoms with Crippen LogP contribution < -0.4 is 15.4 Å². The van der Waals surface area contributed by atoms with Gasteiger partial charge in [-0.3, -0.25) is 10.1 Å². The summed E-state index contributed by atoms with van der Waals surface area (Å²) in [5.41, 5.74) is 0.741. The lowest BCUT2D eigenvalue weighted by molar-refractivity contribution is -0.274. The summed E-state index contributed by atoms with van der Waals surface area (Å²) < 4.78 is 44.6. The molecule has 0 aliphatic rings. The van der Waals surface area contributed by atoms with Gasteiger partial charge in [0.05, 0.1) is 5.56 Å². The fourth-order valence-electron chi connectivity index (χ4n) is 1.99. The number of hydrogen-bond acceptors (Lipinski definition) is 5. The summed E-state index contributed by atoms with van der Waals surface area (Å²) >= 11 is 0. The number of urea groups is 1. The lowest BCUT2D eigenvalue weighted by Crippen LogP contribution is -2.41. The molecule has 0 aromatic heterocycles. The van der Waals surface area contributed by atoms with E-state index in [-0.39, 0.29) is 12.1 Å².